The Bertz CT molecular complexity index is 482. The molecule has 1 rings (SSSR count). The summed E-state index contributed by atoms with van der Waals surface area (Å²) in [6.45, 7) is 2.34. The minimum absolute atomic E-state index is 0.334. The first-order valence-electron chi connectivity index (χ1n) is 6.94. The summed E-state index contributed by atoms with van der Waals surface area (Å²) in [6, 6.07) is 9.60. The molecule has 0 aliphatic rings. The molecule has 0 heterocycles. The van der Waals surface area contributed by atoms with Crippen molar-refractivity contribution in [3.8, 4) is 0 Å². The van der Waals surface area contributed by atoms with Crippen LogP contribution >= 0.6 is 0 Å². The summed E-state index contributed by atoms with van der Waals surface area (Å²) in [7, 11) is 0. The van der Waals surface area contributed by atoms with E-state index in [1.165, 1.54) is 0 Å². The Labute approximate surface area is 124 Å². The molecule has 1 amide bonds. The normalized spacial score (nSPS) is 11.0. The number of carbonyl (C=O) groups excluding carboxylic acids is 1. The molecule has 5 heteroatoms. The van der Waals surface area contributed by atoms with Gasteiger partial charge in [-0.05, 0) is 31.7 Å². The molecule has 0 radical (unpaired) electrons. The molecule has 0 spiro atoms. The van der Waals surface area contributed by atoms with Crippen molar-refractivity contribution in [3.05, 3.63) is 47.5 Å². The van der Waals surface area contributed by atoms with Crippen LogP contribution in [0.1, 0.15) is 31.7 Å². The van der Waals surface area contributed by atoms with Crippen LogP contribution in [0.15, 0.2) is 42.0 Å². The van der Waals surface area contributed by atoms with Gasteiger partial charge in [-0.15, -0.1) is 0 Å². The van der Waals surface area contributed by atoms with Crippen LogP contribution in [0, 0.1) is 0 Å². The zero-order valence-corrected chi connectivity index (χ0v) is 12.2. The lowest BCUT2D eigenvalue weighted by atomic mass is 10.2. The third kappa shape index (κ3) is 7.77. The number of carboxylic acids is 1. The Balaban J connectivity index is 2.06. The molecular formula is C16H21NO4. The average molecular weight is 291 g/mol. The number of allylic oxidation sites excluding steroid dienone is 1. The minimum Gasteiger partial charge on any atom is -0.478 e. The van der Waals surface area contributed by atoms with E-state index < -0.39 is 12.1 Å². The topological polar surface area (TPSA) is 75.6 Å². The lowest BCUT2D eigenvalue weighted by Crippen LogP contribution is -2.24. The second-order valence-electron chi connectivity index (χ2n) is 4.66. The fraction of sp³-hybridized carbons (Fsp3) is 0.375. The zero-order chi connectivity index (χ0) is 15.5. The second-order valence-corrected chi connectivity index (χ2v) is 4.66. The molecule has 0 saturated carbocycles. The molecule has 1 aromatic rings. The molecule has 0 atom stereocenters. The molecule has 2 N–H and O–H groups in total. The summed E-state index contributed by atoms with van der Waals surface area (Å²) in [5.74, 6) is -0.897. The monoisotopic (exact) mass is 291 g/mol. The first-order chi connectivity index (χ1) is 10.1. The Morgan fingerprint density at radius 1 is 1.24 bits per heavy atom. The highest BCUT2D eigenvalue weighted by molar-refractivity contribution is 5.85. The molecule has 0 unspecified atom stereocenters. The predicted molar refractivity (Wildman–Crippen MR) is 79.9 cm³/mol. The number of carbonyl (C=O) groups is 2. The smallest absolute Gasteiger partial charge is 0.407 e. The summed E-state index contributed by atoms with van der Waals surface area (Å²) in [4.78, 5) is 22.0. The van der Waals surface area contributed by atoms with E-state index in [-0.39, 0.29) is 0 Å². The highest BCUT2D eigenvalue weighted by Crippen LogP contribution is 2.02. The van der Waals surface area contributed by atoms with E-state index in [1.54, 1.807) is 13.0 Å². The Morgan fingerprint density at radius 2 is 1.95 bits per heavy atom. The van der Waals surface area contributed by atoms with Crippen molar-refractivity contribution in [1.82, 2.24) is 5.32 Å². The van der Waals surface area contributed by atoms with Crippen LogP contribution in [0.3, 0.4) is 0 Å². The van der Waals surface area contributed by atoms with Crippen molar-refractivity contribution >= 4 is 12.1 Å². The Kier molecular flexibility index (Phi) is 7.64. The van der Waals surface area contributed by atoms with Gasteiger partial charge >= 0.3 is 12.1 Å². The molecule has 114 valence electrons. The molecule has 0 aliphatic carbocycles. The lowest BCUT2D eigenvalue weighted by Gasteiger charge is -2.06. The highest BCUT2D eigenvalue weighted by atomic mass is 16.5. The van der Waals surface area contributed by atoms with Crippen molar-refractivity contribution in [3.63, 3.8) is 0 Å². The molecular weight excluding hydrogens is 270 g/mol. The van der Waals surface area contributed by atoms with Crippen molar-refractivity contribution in [2.45, 2.75) is 32.7 Å². The quantitative estimate of drug-likeness (QED) is 0.570. The number of aliphatic carboxylic acids is 1. The number of hydrogen-bond donors (Lipinski definition) is 2. The first kappa shape index (κ1) is 16.8. The summed E-state index contributed by atoms with van der Waals surface area (Å²) >= 11 is 0. The van der Waals surface area contributed by atoms with Gasteiger partial charge in [0.05, 0.1) is 6.61 Å². The molecule has 5 nitrogen and oxygen atoms in total. The number of ether oxygens (including phenoxy) is 1. The van der Waals surface area contributed by atoms with Crippen molar-refractivity contribution in [1.29, 1.82) is 0 Å². The Hall–Kier alpha value is -2.30. The van der Waals surface area contributed by atoms with Gasteiger partial charge in [0, 0.05) is 12.1 Å². The second kappa shape index (κ2) is 9.58. The molecule has 0 bridgehead atoms. The molecule has 0 saturated heterocycles. The van der Waals surface area contributed by atoms with Crippen LogP contribution in [0.5, 0.6) is 0 Å². The summed E-state index contributed by atoms with van der Waals surface area (Å²) < 4.78 is 5.03. The van der Waals surface area contributed by atoms with Crippen molar-refractivity contribution in [2.75, 3.05) is 6.61 Å². The fourth-order valence-corrected chi connectivity index (χ4v) is 1.64. The largest absolute Gasteiger partial charge is 0.478 e. The van der Waals surface area contributed by atoms with Gasteiger partial charge in [0.15, 0.2) is 0 Å². The number of unbranched alkanes of at least 4 members (excludes halogenated alkanes) is 2. The van der Waals surface area contributed by atoms with E-state index in [4.69, 9.17) is 9.84 Å². The third-order valence-electron chi connectivity index (χ3n) is 2.90. The lowest BCUT2D eigenvalue weighted by molar-refractivity contribution is -0.132. The van der Waals surface area contributed by atoms with Gasteiger partial charge in [-0.2, -0.15) is 0 Å². The van der Waals surface area contributed by atoms with Crippen LogP contribution in [0.25, 0.3) is 0 Å². The van der Waals surface area contributed by atoms with Crippen molar-refractivity contribution in [2.24, 2.45) is 0 Å². The molecule has 21 heavy (non-hydrogen) atoms. The SMILES string of the molecule is CC(=CCCCCOC(=O)NCc1ccccc1)C(=O)O. The first-order valence-corrected chi connectivity index (χ1v) is 6.94. The van der Waals surface area contributed by atoms with Gasteiger partial charge in [-0.1, -0.05) is 36.4 Å². The van der Waals surface area contributed by atoms with E-state index in [0.717, 1.165) is 12.0 Å². The van der Waals surface area contributed by atoms with E-state index in [9.17, 15) is 9.59 Å². The molecule has 0 aromatic heterocycles. The minimum atomic E-state index is -0.897. The van der Waals surface area contributed by atoms with E-state index in [2.05, 4.69) is 5.32 Å². The van der Waals surface area contributed by atoms with E-state index in [1.807, 2.05) is 30.3 Å². The number of nitrogens with one attached hydrogen (secondary N) is 1. The van der Waals surface area contributed by atoms with Gasteiger partial charge in [0.2, 0.25) is 0 Å². The van der Waals surface area contributed by atoms with Gasteiger partial charge < -0.3 is 15.2 Å². The van der Waals surface area contributed by atoms with Crippen LogP contribution < -0.4 is 5.32 Å². The molecule has 0 aliphatic heterocycles. The van der Waals surface area contributed by atoms with Gasteiger partial charge in [-0.25, -0.2) is 9.59 Å². The summed E-state index contributed by atoms with van der Waals surface area (Å²) in [5, 5.41) is 11.3. The highest BCUT2D eigenvalue weighted by Gasteiger charge is 2.01. The van der Waals surface area contributed by atoms with Crippen LogP contribution in [0.4, 0.5) is 4.79 Å². The van der Waals surface area contributed by atoms with Gasteiger partial charge in [0.1, 0.15) is 0 Å². The number of carboxylic acid groups (broad SMARTS) is 1. The number of hydrogen-bond acceptors (Lipinski definition) is 3. The van der Waals surface area contributed by atoms with Crippen molar-refractivity contribution < 1.29 is 19.4 Å². The maximum Gasteiger partial charge on any atom is 0.407 e. The predicted octanol–water partition coefficient (Wildman–Crippen LogP) is 3.11. The molecule has 0 fully saturated rings. The number of rotatable bonds is 8. The fourth-order valence-electron chi connectivity index (χ4n) is 1.64. The maximum absolute atomic E-state index is 11.4. The molecule has 1 aromatic carbocycles. The van der Waals surface area contributed by atoms with Crippen LogP contribution in [-0.4, -0.2) is 23.8 Å². The van der Waals surface area contributed by atoms with Gasteiger partial charge in [0.25, 0.3) is 0 Å². The van der Waals surface area contributed by atoms with Crippen LogP contribution in [-0.2, 0) is 16.1 Å². The maximum atomic E-state index is 11.4. The average Bonchev–Trinajstić information content (AvgIpc) is 2.49. The number of benzene rings is 1. The Morgan fingerprint density at radius 3 is 2.62 bits per heavy atom. The summed E-state index contributed by atoms with van der Waals surface area (Å²) in [6.07, 6.45) is 3.42. The van der Waals surface area contributed by atoms with Crippen LogP contribution in [0.2, 0.25) is 0 Å². The van der Waals surface area contributed by atoms with E-state index in [0.29, 0.717) is 31.6 Å². The standard InChI is InChI=1S/C16H21NO4/c1-13(15(18)19)8-4-3-7-11-21-16(20)17-12-14-9-5-2-6-10-14/h2,5-6,8-10H,3-4,7,11-12H2,1H3,(H,17,20)(H,18,19). The van der Waals surface area contributed by atoms with E-state index >= 15 is 0 Å². The third-order valence-corrected chi connectivity index (χ3v) is 2.90. The summed E-state index contributed by atoms with van der Waals surface area (Å²) in [5.41, 5.74) is 1.36. The number of amides is 1. The van der Waals surface area contributed by atoms with Gasteiger partial charge in [-0.3, -0.25) is 0 Å². The zero-order valence-electron chi connectivity index (χ0n) is 12.2. The number of alkyl carbamates (subject to hydrolysis) is 1.